The maximum atomic E-state index is 12.2. The Balaban J connectivity index is 2.39. The molecule has 0 bridgehead atoms. The summed E-state index contributed by atoms with van der Waals surface area (Å²) in [6, 6.07) is 4.61. The third-order valence-electron chi connectivity index (χ3n) is 2.21. The lowest BCUT2D eigenvalue weighted by Crippen LogP contribution is -2.29. The molecule has 0 fully saturated rings. The number of nitrogens with one attached hydrogen (secondary N) is 1. The van der Waals surface area contributed by atoms with E-state index in [-0.39, 0.29) is 16.3 Å². The van der Waals surface area contributed by atoms with Gasteiger partial charge in [0.25, 0.3) is 0 Å². The van der Waals surface area contributed by atoms with Gasteiger partial charge in [-0.15, -0.1) is 0 Å². The highest BCUT2D eigenvalue weighted by atomic mass is 32.1. The fourth-order valence-electron chi connectivity index (χ4n) is 1.36. The van der Waals surface area contributed by atoms with Crippen LogP contribution in [0.15, 0.2) is 24.4 Å². The Morgan fingerprint density at radius 3 is 2.52 bits per heavy atom. The summed E-state index contributed by atoms with van der Waals surface area (Å²) in [6.45, 7) is 0. The Hall–Kier alpha value is -2.49. The number of alkyl halides is 3. The van der Waals surface area contributed by atoms with Crippen molar-refractivity contribution in [2.75, 3.05) is 5.32 Å². The van der Waals surface area contributed by atoms with Crippen molar-refractivity contribution in [1.82, 2.24) is 9.97 Å². The molecule has 0 aliphatic heterocycles. The van der Waals surface area contributed by atoms with Crippen LogP contribution in [0.5, 0.6) is 0 Å². The Kier molecular flexibility index (Phi) is 3.89. The number of hydrogen-bond acceptors (Lipinski definition) is 5. The monoisotopic (exact) mass is 317 g/mol. The fraction of sp³-hybridized carbons (Fsp3) is 0.0909. The molecule has 0 saturated carbocycles. The summed E-state index contributed by atoms with van der Waals surface area (Å²) in [5.74, 6) is -3.60. The van der Waals surface area contributed by atoms with Crippen molar-refractivity contribution in [1.29, 1.82) is 0 Å². The molecule has 2 rings (SSSR count). The molecule has 2 aromatic heterocycles. The lowest BCUT2D eigenvalue weighted by molar-refractivity contribution is -0.167. The minimum Gasteiger partial charge on any atom is -0.477 e. The summed E-state index contributed by atoms with van der Waals surface area (Å²) < 4.78 is 36.5. The number of carbonyl (C=O) groups is 2. The molecule has 6 nitrogen and oxygen atoms in total. The number of halogens is 3. The van der Waals surface area contributed by atoms with Crippen molar-refractivity contribution >= 4 is 28.3 Å². The molecule has 0 radical (unpaired) electrons. The van der Waals surface area contributed by atoms with Crippen molar-refractivity contribution in [3.63, 3.8) is 0 Å². The molecule has 21 heavy (non-hydrogen) atoms. The summed E-state index contributed by atoms with van der Waals surface area (Å²) >= 11 is 0.424. The average Bonchev–Trinajstić information content (AvgIpc) is 2.83. The van der Waals surface area contributed by atoms with E-state index in [2.05, 4.69) is 9.97 Å². The molecule has 0 aliphatic rings. The number of pyridine rings is 1. The van der Waals surface area contributed by atoms with Crippen molar-refractivity contribution in [3.05, 3.63) is 29.3 Å². The van der Waals surface area contributed by atoms with Gasteiger partial charge in [-0.1, -0.05) is 17.4 Å². The van der Waals surface area contributed by atoms with Gasteiger partial charge in [-0.05, 0) is 12.1 Å². The second-order valence-corrected chi connectivity index (χ2v) is 4.67. The number of carboxylic acids is 1. The normalized spacial score (nSPS) is 11.2. The number of rotatable bonds is 3. The molecule has 0 saturated heterocycles. The second kappa shape index (κ2) is 5.48. The molecule has 0 aliphatic carbocycles. The van der Waals surface area contributed by atoms with E-state index >= 15 is 0 Å². The van der Waals surface area contributed by atoms with Crippen LogP contribution in [0.1, 0.15) is 9.67 Å². The summed E-state index contributed by atoms with van der Waals surface area (Å²) in [5.41, 5.74) is 0.0734. The van der Waals surface area contributed by atoms with Crippen molar-refractivity contribution < 1.29 is 27.9 Å². The highest BCUT2D eigenvalue weighted by Gasteiger charge is 2.39. The third-order valence-corrected chi connectivity index (χ3v) is 3.17. The fourth-order valence-corrected chi connectivity index (χ4v) is 2.17. The first-order valence-corrected chi connectivity index (χ1v) is 6.14. The van der Waals surface area contributed by atoms with E-state index < -0.39 is 23.2 Å². The Labute approximate surface area is 119 Å². The smallest absolute Gasteiger partial charge is 0.471 e. The Morgan fingerprint density at radius 1 is 1.29 bits per heavy atom. The predicted octanol–water partition coefficient (Wildman–Crippen LogP) is 2.40. The molecule has 0 spiro atoms. The van der Waals surface area contributed by atoms with Crippen molar-refractivity contribution in [3.8, 4) is 11.4 Å². The van der Waals surface area contributed by atoms with Gasteiger partial charge in [0.1, 0.15) is 10.6 Å². The molecule has 2 aromatic rings. The first-order valence-electron chi connectivity index (χ1n) is 5.32. The number of nitrogens with zero attached hydrogens (tertiary/aromatic N) is 2. The van der Waals surface area contributed by atoms with Gasteiger partial charge in [0.15, 0.2) is 5.13 Å². The van der Waals surface area contributed by atoms with E-state index in [9.17, 15) is 22.8 Å². The van der Waals surface area contributed by atoms with E-state index in [1.54, 1.807) is 12.1 Å². The van der Waals surface area contributed by atoms with Crippen molar-refractivity contribution in [2.24, 2.45) is 0 Å². The summed E-state index contributed by atoms with van der Waals surface area (Å²) in [7, 11) is 0. The number of aromatic nitrogens is 2. The molecule has 10 heteroatoms. The zero-order chi connectivity index (χ0) is 15.6. The van der Waals surface area contributed by atoms with Gasteiger partial charge >= 0.3 is 18.1 Å². The lowest BCUT2D eigenvalue weighted by atomic mass is 10.2. The number of thiazole rings is 1. The number of carboxylic acid groups (broad SMARTS) is 1. The molecule has 2 heterocycles. The zero-order valence-corrected chi connectivity index (χ0v) is 10.8. The molecule has 0 atom stereocenters. The first-order chi connectivity index (χ1) is 9.79. The van der Waals surface area contributed by atoms with Crippen LogP contribution in [0.2, 0.25) is 0 Å². The molecular formula is C11H6F3N3O3S. The molecule has 110 valence electrons. The standard InChI is InChI=1S/C11H6F3N3O3S/c12-11(13,14)9(20)17-10-16-6(7(21-10)8(18)19)5-3-1-2-4-15-5/h1-4H,(H,18,19)(H,16,17,20). The van der Waals surface area contributed by atoms with Crippen LogP contribution in [0, 0.1) is 0 Å². The van der Waals surface area contributed by atoms with E-state index in [0.29, 0.717) is 11.3 Å². The Morgan fingerprint density at radius 2 is 2.00 bits per heavy atom. The van der Waals surface area contributed by atoms with Crippen LogP contribution in [0.25, 0.3) is 11.4 Å². The average molecular weight is 317 g/mol. The van der Waals surface area contributed by atoms with Crippen LogP contribution in [0.4, 0.5) is 18.3 Å². The van der Waals surface area contributed by atoms with E-state index in [0.717, 1.165) is 0 Å². The number of amides is 1. The first kappa shape index (κ1) is 14.9. The summed E-state index contributed by atoms with van der Waals surface area (Å²) in [6.07, 6.45) is -3.70. The van der Waals surface area contributed by atoms with E-state index in [1.165, 1.54) is 17.6 Å². The van der Waals surface area contributed by atoms with Gasteiger partial charge in [-0.25, -0.2) is 9.78 Å². The molecule has 2 N–H and O–H groups in total. The van der Waals surface area contributed by atoms with Gasteiger partial charge in [-0.2, -0.15) is 13.2 Å². The van der Waals surface area contributed by atoms with Crippen LogP contribution in [-0.4, -0.2) is 33.1 Å². The number of aromatic carboxylic acids is 1. The molecule has 1 amide bonds. The van der Waals surface area contributed by atoms with Crippen LogP contribution in [-0.2, 0) is 4.79 Å². The highest BCUT2D eigenvalue weighted by Crippen LogP contribution is 2.31. The van der Waals surface area contributed by atoms with Gasteiger partial charge in [0, 0.05) is 6.20 Å². The second-order valence-electron chi connectivity index (χ2n) is 3.67. The highest BCUT2D eigenvalue weighted by molar-refractivity contribution is 7.18. The zero-order valence-electron chi connectivity index (χ0n) is 10.0. The maximum absolute atomic E-state index is 12.2. The van der Waals surface area contributed by atoms with Crippen LogP contribution in [0.3, 0.4) is 0 Å². The SMILES string of the molecule is O=C(O)c1sc(NC(=O)C(F)(F)F)nc1-c1ccccn1. The van der Waals surface area contributed by atoms with Crippen molar-refractivity contribution in [2.45, 2.75) is 6.18 Å². The number of carbonyl (C=O) groups excluding carboxylic acids is 1. The molecule has 0 aromatic carbocycles. The van der Waals surface area contributed by atoms with Crippen LogP contribution < -0.4 is 5.32 Å². The summed E-state index contributed by atoms with van der Waals surface area (Å²) in [5, 5.41) is 10.1. The minimum absolute atomic E-state index is 0.106. The lowest BCUT2D eigenvalue weighted by Gasteiger charge is -2.04. The third kappa shape index (κ3) is 3.34. The minimum atomic E-state index is -5.08. The van der Waals surface area contributed by atoms with Gasteiger partial charge < -0.3 is 5.11 Å². The number of hydrogen-bond donors (Lipinski definition) is 2. The van der Waals surface area contributed by atoms with Gasteiger partial charge in [0.05, 0.1) is 5.69 Å². The largest absolute Gasteiger partial charge is 0.477 e. The van der Waals surface area contributed by atoms with E-state index in [4.69, 9.17) is 5.11 Å². The summed E-state index contributed by atoms with van der Waals surface area (Å²) in [4.78, 5) is 29.2. The van der Waals surface area contributed by atoms with Gasteiger partial charge in [-0.3, -0.25) is 15.1 Å². The number of anilines is 1. The topological polar surface area (TPSA) is 92.2 Å². The van der Waals surface area contributed by atoms with E-state index in [1.807, 2.05) is 0 Å². The molecule has 0 unspecified atom stereocenters. The van der Waals surface area contributed by atoms with Gasteiger partial charge in [0.2, 0.25) is 0 Å². The molecular weight excluding hydrogens is 311 g/mol. The van der Waals surface area contributed by atoms with Crippen LogP contribution >= 0.6 is 11.3 Å². The maximum Gasteiger partial charge on any atom is 0.471 e. The predicted molar refractivity (Wildman–Crippen MR) is 67.0 cm³/mol. The Bertz CT molecular complexity index is 685. The quantitative estimate of drug-likeness (QED) is 0.907.